The summed E-state index contributed by atoms with van der Waals surface area (Å²) in [5.41, 5.74) is 3.21. The molecule has 2 aromatic rings. The second-order valence-electron chi connectivity index (χ2n) is 5.00. The van der Waals surface area contributed by atoms with Gasteiger partial charge in [-0.2, -0.15) is 0 Å². The molecule has 18 heavy (non-hydrogen) atoms. The van der Waals surface area contributed by atoms with Gasteiger partial charge in [-0.05, 0) is 36.4 Å². The highest BCUT2D eigenvalue weighted by Gasteiger charge is 2.32. The lowest BCUT2D eigenvalue weighted by atomic mass is 9.70. The fraction of sp³-hybridized carbons (Fsp3) is 0.308. The maximum absolute atomic E-state index is 9.78. The fourth-order valence-corrected chi connectivity index (χ4v) is 2.84. The molecule has 2 aromatic heterocycles. The second-order valence-corrected chi connectivity index (χ2v) is 5.00. The van der Waals surface area contributed by atoms with Gasteiger partial charge < -0.3 is 14.7 Å². The van der Waals surface area contributed by atoms with Crippen LogP contribution in [0.25, 0.3) is 16.6 Å². The number of aromatic amines is 1. The zero-order chi connectivity index (χ0) is 12.1. The third-order valence-electron chi connectivity index (χ3n) is 3.96. The molecular formula is C13H13BN2O2. The predicted molar refractivity (Wildman–Crippen MR) is 70.0 cm³/mol. The quantitative estimate of drug-likeness (QED) is 0.751. The highest BCUT2D eigenvalue weighted by molar-refractivity contribution is 6.52. The molecule has 4 nitrogen and oxygen atoms in total. The minimum absolute atomic E-state index is 0.558. The molecule has 3 heterocycles. The summed E-state index contributed by atoms with van der Waals surface area (Å²) in [6.07, 6.45) is 7.26. The summed E-state index contributed by atoms with van der Waals surface area (Å²) in [6, 6.07) is 2.02. The second kappa shape index (κ2) is 3.62. The van der Waals surface area contributed by atoms with Gasteiger partial charge in [0.1, 0.15) is 11.4 Å². The van der Waals surface area contributed by atoms with E-state index in [1.807, 2.05) is 18.2 Å². The Labute approximate surface area is 105 Å². The topological polar surface area (TPSA) is 58.1 Å². The first-order valence-electron chi connectivity index (χ1n) is 6.36. The summed E-state index contributed by atoms with van der Waals surface area (Å²) in [7, 11) is -0.841. The zero-order valence-electron chi connectivity index (χ0n) is 9.89. The van der Waals surface area contributed by atoms with Crippen LogP contribution >= 0.6 is 0 Å². The Bertz CT molecular complexity index is 645. The Balaban J connectivity index is 1.96. The molecule has 0 radical (unpaired) electrons. The summed E-state index contributed by atoms with van der Waals surface area (Å²) in [6.45, 7) is 0. The number of nitrogens with zero attached hydrogens (tertiary/aromatic N) is 1. The van der Waals surface area contributed by atoms with E-state index >= 15 is 0 Å². The molecule has 0 unspecified atom stereocenters. The van der Waals surface area contributed by atoms with Gasteiger partial charge in [0.05, 0.1) is 6.20 Å². The summed E-state index contributed by atoms with van der Waals surface area (Å²) in [4.78, 5) is 7.43. The Morgan fingerprint density at radius 2 is 2.33 bits per heavy atom. The number of aromatic nitrogens is 2. The van der Waals surface area contributed by atoms with Gasteiger partial charge in [-0.1, -0.05) is 6.42 Å². The molecule has 1 fully saturated rings. The first-order chi connectivity index (χ1) is 8.83. The van der Waals surface area contributed by atoms with Crippen molar-refractivity contribution in [3.05, 3.63) is 30.0 Å². The highest BCUT2D eigenvalue weighted by Crippen LogP contribution is 2.45. The number of hydrogen-bond donors (Lipinski definition) is 2. The van der Waals surface area contributed by atoms with Crippen molar-refractivity contribution in [1.82, 2.24) is 9.97 Å². The van der Waals surface area contributed by atoms with Gasteiger partial charge in [0, 0.05) is 17.1 Å². The predicted octanol–water partition coefficient (Wildman–Crippen LogP) is 2.16. The molecule has 2 N–H and O–H groups in total. The number of hydrogen-bond acceptors (Lipinski definition) is 3. The number of H-pyrrole nitrogens is 1. The molecule has 0 aromatic carbocycles. The molecule has 5 heteroatoms. The number of pyridine rings is 1. The van der Waals surface area contributed by atoms with Crippen LogP contribution < -0.4 is 4.65 Å². The molecule has 1 saturated carbocycles. The Kier molecular flexibility index (Phi) is 2.05. The minimum atomic E-state index is -0.841. The van der Waals surface area contributed by atoms with Gasteiger partial charge >= 0.3 is 7.12 Å². The number of rotatable bonds is 1. The SMILES string of the molecule is OB1C=C(C2CCC2)c2c(cnc3[nH]ccc23)O1. The molecule has 0 bridgehead atoms. The van der Waals surface area contributed by atoms with Crippen molar-refractivity contribution in [3.63, 3.8) is 0 Å². The third kappa shape index (κ3) is 1.34. The highest BCUT2D eigenvalue weighted by atomic mass is 16.5. The average Bonchev–Trinajstić information content (AvgIpc) is 2.73. The van der Waals surface area contributed by atoms with Crippen LogP contribution in [0.15, 0.2) is 24.4 Å². The van der Waals surface area contributed by atoms with Crippen molar-refractivity contribution in [2.24, 2.45) is 5.92 Å². The van der Waals surface area contributed by atoms with Crippen molar-refractivity contribution < 1.29 is 9.68 Å². The van der Waals surface area contributed by atoms with Crippen LogP contribution in [0.2, 0.25) is 0 Å². The molecule has 1 aliphatic carbocycles. The maximum atomic E-state index is 9.78. The zero-order valence-corrected chi connectivity index (χ0v) is 9.89. The monoisotopic (exact) mass is 240 g/mol. The van der Waals surface area contributed by atoms with Crippen molar-refractivity contribution in [3.8, 4) is 5.75 Å². The molecular weight excluding hydrogens is 227 g/mol. The van der Waals surface area contributed by atoms with Crippen LogP contribution in [0.4, 0.5) is 0 Å². The first kappa shape index (κ1) is 10.2. The molecule has 0 amide bonds. The van der Waals surface area contributed by atoms with E-state index in [-0.39, 0.29) is 0 Å². The standard InChI is InChI=1S/C13H13BN2O2/c17-14-6-10(8-2-1-3-8)12-9-4-5-15-13(9)16-7-11(12)18-14/h4-8,17H,1-3H2,(H,15,16). The Morgan fingerprint density at radius 1 is 1.44 bits per heavy atom. The van der Waals surface area contributed by atoms with Gasteiger partial charge in [0.2, 0.25) is 0 Å². The van der Waals surface area contributed by atoms with Gasteiger partial charge in [-0.3, -0.25) is 0 Å². The summed E-state index contributed by atoms with van der Waals surface area (Å²) in [5, 5.41) is 10.9. The van der Waals surface area contributed by atoms with E-state index in [4.69, 9.17) is 4.65 Å². The fourth-order valence-electron chi connectivity index (χ4n) is 2.84. The van der Waals surface area contributed by atoms with Crippen LogP contribution in [-0.4, -0.2) is 22.1 Å². The van der Waals surface area contributed by atoms with Crippen LogP contribution in [-0.2, 0) is 0 Å². The normalized spacial score (nSPS) is 19.2. The van der Waals surface area contributed by atoms with E-state index in [9.17, 15) is 5.02 Å². The van der Waals surface area contributed by atoms with Crippen molar-refractivity contribution in [1.29, 1.82) is 0 Å². The molecule has 90 valence electrons. The summed E-state index contributed by atoms with van der Waals surface area (Å²) in [5.74, 6) is 3.10. The van der Waals surface area contributed by atoms with Gasteiger partial charge in [-0.15, -0.1) is 0 Å². The van der Waals surface area contributed by atoms with E-state index in [1.165, 1.54) is 24.8 Å². The van der Waals surface area contributed by atoms with E-state index in [1.54, 1.807) is 6.20 Å². The van der Waals surface area contributed by atoms with Crippen molar-refractivity contribution in [2.45, 2.75) is 19.3 Å². The minimum Gasteiger partial charge on any atom is -0.531 e. The summed E-state index contributed by atoms with van der Waals surface area (Å²) < 4.78 is 5.46. The van der Waals surface area contributed by atoms with Gasteiger partial charge in [-0.25, -0.2) is 4.98 Å². The third-order valence-corrected chi connectivity index (χ3v) is 3.96. The molecule has 2 aliphatic rings. The summed E-state index contributed by atoms with van der Waals surface area (Å²) >= 11 is 0. The van der Waals surface area contributed by atoms with Gasteiger partial charge in [0.15, 0.2) is 0 Å². The molecule has 1 aliphatic heterocycles. The lowest BCUT2D eigenvalue weighted by molar-refractivity contribution is 0.390. The van der Waals surface area contributed by atoms with Crippen LogP contribution in [0.3, 0.4) is 0 Å². The molecule has 4 rings (SSSR count). The van der Waals surface area contributed by atoms with E-state index < -0.39 is 7.12 Å². The van der Waals surface area contributed by atoms with Crippen LogP contribution in [0, 0.1) is 5.92 Å². The van der Waals surface area contributed by atoms with Crippen molar-refractivity contribution >= 4 is 23.7 Å². The van der Waals surface area contributed by atoms with Gasteiger partial charge in [0.25, 0.3) is 0 Å². The molecule has 0 atom stereocenters. The van der Waals surface area contributed by atoms with Crippen LogP contribution in [0.5, 0.6) is 5.75 Å². The number of nitrogens with one attached hydrogen (secondary N) is 1. The lowest BCUT2D eigenvalue weighted by Crippen LogP contribution is -2.27. The van der Waals surface area contributed by atoms with E-state index in [2.05, 4.69) is 9.97 Å². The molecule has 0 spiro atoms. The number of allylic oxidation sites excluding steroid dienone is 1. The smallest absolute Gasteiger partial charge is 0.531 e. The lowest BCUT2D eigenvalue weighted by Gasteiger charge is -2.32. The van der Waals surface area contributed by atoms with E-state index in [0.29, 0.717) is 11.7 Å². The first-order valence-corrected chi connectivity index (χ1v) is 6.36. The van der Waals surface area contributed by atoms with E-state index in [0.717, 1.165) is 16.6 Å². The maximum Gasteiger partial charge on any atom is 0.552 e. The average molecular weight is 240 g/mol. The Hall–Kier alpha value is -1.75. The largest absolute Gasteiger partial charge is 0.552 e. The van der Waals surface area contributed by atoms with Crippen LogP contribution in [0.1, 0.15) is 24.8 Å². The number of fused-ring (bicyclic) bond motifs is 3. The Morgan fingerprint density at radius 3 is 3.11 bits per heavy atom. The van der Waals surface area contributed by atoms with Crippen molar-refractivity contribution in [2.75, 3.05) is 0 Å². The molecule has 0 saturated heterocycles.